The number of aromatic nitrogens is 1. The molecule has 1 unspecified atom stereocenters. The predicted octanol–water partition coefficient (Wildman–Crippen LogP) is 1.89. The van der Waals surface area contributed by atoms with Gasteiger partial charge in [0.2, 0.25) is 0 Å². The van der Waals surface area contributed by atoms with Crippen molar-refractivity contribution in [1.82, 2.24) is 4.98 Å². The molecule has 15 heavy (non-hydrogen) atoms. The number of pyridine rings is 1. The van der Waals surface area contributed by atoms with Gasteiger partial charge < -0.3 is 15.8 Å². The zero-order chi connectivity index (χ0) is 11.1. The topological polar surface area (TPSA) is 60.2 Å². The quantitative estimate of drug-likeness (QED) is 0.751. The molecule has 1 aromatic heterocycles. The highest BCUT2D eigenvalue weighted by molar-refractivity contribution is 5.60. The summed E-state index contributed by atoms with van der Waals surface area (Å²) in [5.41, 5.74) is 6.47. The summed E-state index contributed by atoms with van der Waals surface area (Å²) in [6, 6.07) is 3.94. The number of nitrogens with one attached hydrogen (secondary N) is 1. The van der Waals surface area contributed by atoms with E-state index in [1.165, 1.54) is 0 Å². The van der Waals surface area contributed by atoms with E-state index in [4.69, 9.17) is 10.5 Å². The second-order valence-corrected chi connectivity index (χ2v) is 3.53. The number of anilines is 2. The number of ether oxygens (including phenoxy) is 1. The van der Waals surface area contributed by atoms with Crippen molar-refractivity contribution in [1.29, 1.82) is 0 Å². The lowest BCUT2D eigenvalue weighted by molar-refractivity contribution is 0.182. The van der Waals surface area contributed by atoms with E-state index < -0.39 is 0 Å². The van der Waals surface area contributed by atoms with Crippen LogP contribution in [0.4, 0.5) is 11.5 Å². The second kappa shape index (κ2) is 6.24. The largest absolute Gasteiger partial charge is 0.396 e. The standard InChI is InChI=1S/C11H19N3O/c1-3-5-9(8-15-2)14-11-10(12)6-4-7-13-11/h4,6-7,9H,3,5,8,12H2,1-2H3,(H,13,14). The van der Waals surface area contributed by atoms with Crippen LogP contribution in [-0.4, -0.2) is 24.7 Å². The van der Waals surface area contributed by atoms with Crippen LogP contribution in [0, 0.1) is 0 Å². The number of hydrogen-bond acceptors (Lipinski definition) is 4. The minimum Gasteiger partial charge on any atom is -0.396 e. The van der Waals surface area contributed by atoms with Crippen LogP contribution in [0.1, 0.15) is 19.8 Å². The molecule has 4 heteroatoms. The summed E-state index contributed by atoms with van der Waals surface area (Å²) in [4.78, 5) is 4.19. The van der Waals surface area contributed by atoms with E-state index in [1.54, 1.807) is 13.3 Å². The number of methoxy groups -OCH3 is 1. The molecule has 1 heterocycles. The minimum atomic E-state index is 0.275. The average Bonchev–Trinajstić information content (AvgIpc) is 2.22. The van der Waals surface area contributed by atoms with Gasteiger partial charge in [-0.05, 0) is 18.6 Å². The Kier molecular flexibility index (Phi) is 4.90. The van der Waals surface area contributed by atoms with Gasteiger partial charge in [0.25, 0.3) is 0 Å². The molecule has 1 aromatic rings. The minimum absolute atomic E-state index is 0.275. The lowest BCUT2D eigenvalue weighted by Gasteiger charge is -2.18. The van der Waals surface area contributed by atoms with E-state index in [9.17, 15) is 0 Å². The second-order valence-electron chi connectivity index (χ2n) is 3.53. The first kappa shape index (κ1) is 11.8. The van der Waals surface area contributed by atoms with Crippen molar-refractivity contribution in [3.63, 3.8) is 0 Å². The van der Waals surface area contributed by atoms with Crippen LogP contribution in [0.2, 0.25) is 0 Å². The zero-order valence-corrected chi connectivity index (χ0v) is 9.36. The fourth-order valence-corrected chi connectivity index (χ4v) is 1.48. The molecule has 1 atom stereocenters. The van der Waals surface area contributed by atoms with Crippen LogP contribution in [0.3, 0.4) is 0 Å². The van der Waals surface area contributed by atoms with Gasteiger partial charge in [-0.1, -0.05) is 13.3 Å². The van der Waals surface area contributed by atoms with Gasteiger partial charge in [-0.25, -0.2) is 4.98 Å². The smallest absolute Gasteiger partial charge is 0.149 e. The first-order valence-electron chi connectivity index (χ1n) is 5.24. The van der Waals surface area contributed by atoms with Crippen LogP contribution in [-0.2, 0) is 4.74 Å². The molecule has 0 aliphatic rings. The summed E-state index contributed by atoms with van der Waals surface area (Å²) in [7, 11) is 1.70. The van der Waals surface area contributed by atoms with Gasteiger partial charge in [-0.15, -0.1) is 0 Å². The SMILES string of the molecule is CCCC(COC)Nc1ncccc1N. The number of nitrogens with zero attached hydrogens (tertiary/aromatic N) is 1. The summed E-state index contributed by atoms with van der Waals surface area (Å²) in [5.74, 6) is 0.744. The summed E-state index contributed by atoms with van der Waals surface area (Å²) in [5, 5.41) is 3.29. The maximum atomic E-state index is 5.80. The molecular formula is C11H19N3O. The summed E-state index contributed by atoms with van der Waals surface area (Å²) >= 11 is 0. The molecule has 3 N–H and O–H groups in total. The summed E-state index contributed by atoms with van der Waals surface area (Å²) in [6.45, 7) is 2.82. The van der Waals surface area contributed by atoms with Gasteiger partial charge >= 0.3 is 0 Å². The van der Waals surface area contributed by atoms with Crippen LogP contribution in [0.15, 0.2) is 18.3 Å². The van der Waals surface area contributed by atoms with Crippen molar-refractivity contribution in [2.24, 2.45) is 0 Å². The van der Waals surface area contributed by atoms with E-state index >= 15 is 0 Å². The van der Waals surface area contributed by atoms with Gasteiger partial charge in [-0.2, -0.15) is 0 Å². The number of nitrogens with two attached hydrogens (primary N) is 1. The monoisotopic (exact) mass is 209 g/mol. The zero-order valence-electron chi connectivity index (χ0n) is 9.36. The molecule has 0 radical (unpaired) electrons. The third kappa shape index (κ3) is 3.75. The number of nitrogen functional groups attached to an aromatic ring is 1. The number of rotatable bonds is 6. The van der Waals surface area contributed by atoms with Crippen molar-refractivity contribution in [2.75, 3.05) is 24.8 Å². The maximum Gasteiger partial charge on any atom is 0.149 e. The van der Waals surface area contributed by atoms with Gasteiger partial charge in [0.05, 0.1) is 18.3 Å². The fourth-order valence-electron chi connectivity index (χ4n) is 1.48. The first-order valence-corrected chi connectivity index (χ1v) is 5.24. The Morgan fingerprint density at radius 1 is 1.60 bits per heavy atom. The highest BCUT2D eigenvalue weighted by Crippen LogP contribution is 2.15. The van der Waals surface area contributed by atoms with E-state index in [2.05, 4.69) is 17.2 Å². The van der Waals surface area contributed by atoms with Crippen molar-refractivity contribution in [3.05, 3.63) is 18.3 Å². The Morgan fingerprint density at radius 3 is 3.00 bits per heavy atom. The van der Waals surface area contributed by atoms with E-state index in [-0.39, 0.29) is 6.04 Å². The Hall–Kier alpha value is -1.29. The van der Waals surface area contributed by atoms with E-state index in [0.29, 0.717) is 12.3 Å². The van der Waals surface area contributed by atoms with Gasteiger partial charge in [0.1, 0.15) is 5.82 Å². The molecule has 0 aliphatic carbocycles. The van der Waals surface area contributed by atoms with Gasteiger partial charge in [0.15, 0.2) is 0 Å². The molecule has 84 valence electrons. The van der Waals surface area contributed by atoms with E-state index in [0.717, 1.165) is 18.7 Å². The third-order valence-corrected chi connectivity index (χ3v) is 2.18. The summed E-state index contributed by atoms with van der Waals surface area (Å²) in [6.07, 6.45) is 3.88. The first-order chi connectivity index (χ1) is 7.27. The van der Waals surface area contributed by atoms with Crippen LogP contribution in [0.5, 0.6) is 0 Å². The molecule has 0 saturated heterocycles. The number of hydrogen-bond donors (Lipinski definition) is 2. The van der Waals surface area contributed by atoms with Crippen molar-refractivity contribution < 1.29 is 4.74 Å². The fraction of sp³-hybridized carbons (Fsp3) is 0.545. The Balaban J connectivity index is 2.60. The predicted molar refractivity (Wildman–Crippen MR) is 62.8 cm³/mol. The summed E-state index contributed by atoms with van der Waals surface area (Å²) < 4.78 is 5.14. The van der Waals surface area contributed by atoms with Gasteiger partial charge in [0, 0.05) is 13.3 Å². The Morgan fingerprint density at radius 2 is 2.40 bits per heavy atom. The highest BCUT2D eigenvalue weighted by atomic mass is 16.5. The van der Waals surface area contributed by atoms with Crippen molar-refractivity contribution in [2.45, 2.75) is 25.8 Å². The van der Waals surface area contributed by atoms with Crippen LogP contribution >= 0.6 is 0 Å². The molecule has 1 rings (SSSR count). The molecule has 0 bridgehead atoms. The Bertz CT molecular complexity index is 285. The van der Waals surface area contributed by atoms with Crippen molar-refractivity contribution in [3.8, 4) is 0 Å². The Labute approximate surface area is 90.8 Å². The van der Waals surface area contributed by atoms with Gasteiger partial charge in [-0.3, -0.25) is 0 Å². The molecule has 0 aromatic carbocycles. The normalized spacial score (nSPS) is 12.4. The molecular weight excluding hydrogens is 190 g/mol. The molecule has 0 aliphatic heterocycles. The lowest BCUT2D eigenvalue weighted by atomic mass is 10.2. The average molecular weight is 209 g/mol. The maximum absolute atomic E-state index is 5.80. The lowest BCUT2D eigenvalue weighted by Crippen LogP contribution is -2.25. The van der Waals surface area contributed by atoms with Crippen LogP contribution in [0.25, 0.3) is 0 Å². The molecule has 0 saturated carbocycles. The molecule has 4 nitrogen and oxygen atoms in total. The third-order valence-electron chi connectivity index (χ3n) is 2.18. The van der Waals surface area contributed by atoms with Crippen LogP contribution < -0.4 is 11.1 Å². The molecule has 0 fully saturated rings. The highest BCUT2D eigenvalue weighted by Gasteiger charge is 2.09. The molecule has 0 amide bonds. The van der Waals surface area contributed by atoms with Crippen molar-refractivity contribution >= 4 is 11.5 Å². The van der Waals surface area contributed by atoms with E-state index in [1.807, 2.05) is 12.1 Å². The molecule has 0 spiro atoms.